The summed E-state index contributed by atoms with van der Waals surface area (Å²) in [6, 6.07) is -19.5. The average molecular weight is 704 g/mol. The minimum atomic E-state index is -1.45. The van der Waals surface area contributed by atoms with Crippen LogP contribution in [-0.2, 0) is 11.8 Å². The van der Waals surface area contributed by atoms with Crippen LogP contribution in [0, 0.1) is 0 Å². The molecular weight excluding hydrogens is 641 g/mol. The van der Waals surface area contributed by atoms with E-state index in [1.165, 1.54) is 0 Å². The van der Waals surface area contributed by atoms with Gasteiger partial charge in [0, 0.05) is 21.6 Å². The third kappa shape index (κ3) is 4.38. The van der Waals surface area contributed by atoms with Gasteiger partial charge in [-0.05, 0) is 107 Å². The van der Waals surface area contributed by atoms with Gasteiger partial charge in [-0.2, -0.15) is 0 Å². The lowest BCUT2D eigenvalue weighted by Crippen LogP contribution is -2.14. The van der Waals surface area contributed by atoms with Gasteiger partial charge < -0.3 is 4.42 Å². The van der Waals surface area contributed by atoms with Crippen LogP contribution in [0.5, 0.6) is 0 Å². The quantitative estimate of drug-likeness (QED) is 0.166. The Kier molecular flexibility index (Phi) is 2.95. The molecule has 250 valence electrons. The summed E-state index contributed by atoms with van der Waals surface area (Å²) in [5, 5.41) is -3.73. The standard InChI is InChI=1S/C52H36O/c1-52(2)45-25-10-9-23-42(45)50-36(24-13-26-46(50)52)33-15-11-16-34(30-33)48-40-21-7-5-19-38(40)44(39-20-6-8-22-41(39)48)31-35-17-12-27-47-49(35)43-29-28-32-14-3-4-18-37(32)51(43)53-47/h3-30H,31H2,1-2H3/i3D,4D,5D,6D,7D,8D,9D,10D,11D,12D,13D,14D,16D,17D,18D,19D,20D,21D,22D,23D,24D,25D,26D,27D,28D,29D,30D. The Morgan fingerprint density at radius 3 is 1.98 bits per heavy atom. The minimum Gasteiger partial charge on any atom is -0.455 e. The molecule has 11 rings (SSSR count). The normalized spacial score (nSPS) is 20.5. The summed E-state index contributed by atoms with van der Waals surface area (Å²) in [7, 11) is 0. The second-order valence-electron chi connectivity index (χ2n) is 13.1. The summed E-state index contributed by atoms with van der Waals surface area (Å²) in [6.45, 7) is 3.11. The van der Waals surface area contributed by atoms with Crippen LogP contribution in [0.2, 0.25) is 0 Å². The summed E-state index contributed by atoms with van der Waals surface area (Å²) in [5.74, 6) is 0. The maximum Gasteiger partial charge on any atom is 0.143 e. The van der Waals surface area contributed by atoms with Crippen molar-refractivity contribution in [3.8, 4) is 33.4 Å². The van der Waals surface area contributed by atoms with Crippen LogP contribution in [0.4, 0.5) is 0 Å². The zero-order valence-corrected chi connectivity index (χ0v) is 27.7. The van der Waals surface area contributed by atoms with Crippen molar-refractivity contribution in [1.82, 2.24) is 0 Å². The van der Waals surface area contributed by atoms with Crippen molar-refractivity contribution in [2.75, 3.05) is 0 Å². The lowest BCUT2D eigenvalue weighted by Gasteiger charge is -2.21. The van der Waals surface area contributed by atoms with Gasteiger partial charge in [-0.1, -0.05) is 165 Å². The highest BCUT2D eigenvalue weighted by Gasteiger charge is 2.36. The molecule has 0 unspecified atom stereocenters. The molecule has 0 atom stereocenters. The fourth-order valence-corrected chi connectivity index (χ4v) is 7.53. The van der Waals surface area contributed by atoms with Crippen LogP contribution in [0.3, 0.4) is 0 Å². The topological polar surface area (TPSA) is 13.1 Å². The maximum absolute atomic E-state index is 10.1. The third-order valence-corrected chi connectivity index (χ3v) is 9.91. The molecule has 0 saturated heterocycles. The van der Waals surface area contributed by atoms with Gasteiger partial charge in [0.1, 0.15) is 11.2 Å². The van der Waals surface area contributed by atoms with Crippen LogP contribution in [0.25, 0.3) is 87.6 Å². The van der Waals surface area contributed by atoms with Crippen LogP contribution in [0.1, 0.15) is 73.1 Å². The van der Waals surface area contributed by atoms with Gasteiger partial charge >= 0.3 is 0 Å². The molecule has 0 saturated carbocycles. The second-order valence-corrected chi connectivity index (χ2v) is 13.1. The average Bonchev–Trinajstić information content (AvgIpc) is 3.67. The van der Waals surface area contributed by atoms with Gasteiger partial charge in [-0.25, -0.2) is 0 Å². The SMILES string of the molecule is [2H]c1cc(-c2c([2H])c([2H])c([2H])c3c2-c2c([2H])c([2H])c([2H])c([2H])c2C3(C)C)c([2H])c(-c2c3c([2H])c([2H])c([2H])c([2H])c3c(Cc3c([2H])c([2H])c([2H])c4oc5c6c([2H])c([2H])c([2H])c([2H])c6c([2H])c([2H])c5c34)c3c([2H])c([2H])c([2H])c([2H])c23)c1[2H]. The molecule has 0 N–H and O–H groups in total. The molecule has 0 aliphatic heterocycles. The highest BCUT2D eigenvalue weighted by Crippen LogP contribution is 2.52. The van der Waals surface area contributed by atoms with Gasteiger partial charge in [0.25, 0.3) is 0 Å². The van der Waals surface area contributed by atoms with E-state index in [1.54, 1.807) is 13.8 Å². The molecule has 1 aromatic heterocycles. The molecular formula is C52H36O. The molecule has 9 aromatic carbocycles. The molecule has 0 bridgehead atoms. The van der Waals surface area contributed by atoms with E-state index in [0.29, 0.717) is 0 Å². The van der Waals surface area contributed by atoms with E-state index in [1.807, 2.05) is 0 Å². The first-order valence-corrected chi connectivity index (χ1v) is 16.4. The van der Waals surface area contributed by atoms with E-state index >= 15 is 0 Å². The smallest absolute Gasteiger partial charge is 0.143 e. The summed E-state index contributed by atoms with van der Waals surface area (Å²) in [5.41, 5.74) is -5.63. The largest absolute Gasteiger partial charge is 0.455 e. The van der Waals surface area contributed by atoms with Crippen molar-refractivity contribution in [2.45, 2.75) is 25.7 Å². The van der Waals surface area contributed by atoms with E-state index in [9.17, 15) is 13.7 Å². The molecule has 0 radical (unpaired) electrons. The first-order valence-electron chi connectivity index (χ1n) is 29.9. The number of hydrogen-bond acceptors (Lipinski definition) is 1. The van der Waals surface area contributed by atoms with Crippen LogP contribution < -0.4 is 0 Å². The zero-order valence-electron chi connectivity index (χ0n) is 54.7. The molecule has 0 fully saturated rings. The lowest BCUT2D eigenvalue weighted by atomic mass is 9.82. The van der Waals surface area contributed by atoms with Gasteiger partial charge in [-0.15, -0.1) is 0 Å². The Morgan fingerprint density at radius 1 is 0.509 bits per heavy atom. The van der Waals surface area contributed by atoms with Gasteiger partial charge in [-0.3, -0.25) is 0 Å². The number of fused-ring (bicyclic) bond motifs is 10. The van der Waals surface area contributed by atoms with Crippen molar-refractivity contribution >= 4 is 54.3 Å². The number of benzene rings is 9. The molecule has 10 aromatic rings. The van der Waals surface area contributed by atoms with Crippen molar-refractivity contribution in [3.05, 3.63) is 191 Å². The Hall–Kier alpha value is -6.44. The predicted molar refractivity (Wildman–Crippen MR) is 224 cm³/mol. The van der Waals surface area contributed by atoms with Crippen LogP contribution >= 0.6 is 0 Å². The summed E-state index contributed by atoms with van der Waals surface area (Å²) < 4.78 is 252. The third-order valence-electron chi connectivity index (χ3n) is 9.91. The van der Waals surface area contributed by atoms with E-state index in [0.717, 1.165) is 6.07 Å². The van der Waals surface area contributed by atoms with Gasteiger partial charge in [0.15, 0.2) is 0 Å². The molecule has 0 spiro atoms. The lowest BCUT2D eigenvalue weighted by molar-refractivity contribution is 0.660. The Bertz CT molecular complexity index is 4590. The molecule has 1 nitrogen and oxygen atoms in total. The van der Waals surface area contributed by atoms with Crippen molar-refractivity contribution < 1.29 is 41.4 Å². The fraction of sp³-hybridized carbons (Fsp3) is 0.0769. The van der Waals surface area contributed by atoms with Crippen LogP contribution in [-0.4, -0.2) is 0 Å². The van der Waals surface area contributed by atoms with Gasteiger partial charge in [0.2, 0.25) is 0 Å². The molecule has 1 heterocycles. The number of furan rings is 1. The Balaban J connectivity index is 1.34. The van der Waals surface area contributed by atoms with Crippen molar-refractivity contribution in [1.29, 1.82) is 0 Å². The van der Waals surface area contributed by atoms with Crippen molar-refractivity contribution in [2.24, 2.45) is 0 Å². The maximum atomic E-state index is 10.1. The highest BCUT2D eigenvalue weighted by atomic mass is 16.3. The van der Waals surface area contributed by atoms with E-state index < -0.39 is 230 Å². The zero-order chi connectivity index (χ0) is 58.8. The highest BCUT2D eigenvalue weighted by molar-refractivity contribution is 6.18. The molecule has 1 aliphatic rings. The van der Waals surface area contributed by atoms with E-state index in [4.69, 9.17) is 27.7 Å². The number of rotatable bonds is 4. The summed E-state index contributed by atoms with van der Waals surface area (Å²) in [6.07, 6.45) is -0.850. The predicted octanol–water partition coefficient (Wildman–Crippen LogP) is 14.3. The fourth-order valence-electron chi connectivity index (χ4n) is 7.53. The van der Waals surface area contributed by atoms with Crippen LogP contribution in [0.15, 0.2) is 174 Å². The Morgan fingerprint density at radius 2 is 1.17 bits per heavy atom. The first-order chi connectivity index (χ1) is 37.3. The monoisotopic (exact) mass is 703 g/mol. The Labute approximate surface area is 346 Å². The molecule has 1 heteroatoms. The molecule has 53 heavy (non-hydrogen) atoms. The molecule has 0 amide bonds. The van der Waals surface area contributed by atoms with Gasteiger partial charge in [0.05, 0.1) is 37.0 Å². The minimum absolute atomic E-state index is 0.000443. The number of hydrogen-bond donors (Lipinski definition) is 0. The summed E-state index contributed by atoms with van der Waals surface area (Å²) >= 11 is 0. The second kappa shape index (κ2) is 11.3. The first kappa shape index (κ1) is 13.8. The van der Waals surface area contributed by atoms with E-state index in [-0.39, 0.29) is 55.1 Å². The van der Waals surface area contributed by atoms with Crippen molar-refractivity contribution in [3.63, 3.8) is 0 Å². The molecule has 1 aliphatic carbocycles. The van der Waals surface area contributed by atoms with E-state index in [2.05, 4.69) is 0 Å². The summed E-state index contributed by atoms with van der Waals surface area (Å²) in [4.78, 5) is 0.